The molecular weight excluding hydrogens is 326 g/mol. The summed E-state index contributed by atoms with van der Waals surface area (Å²) in [7, 11) is 0. The van der Waals surface area contributed by atoms with E-state index in [1.165, 1.54) is 33.4 Å². The molecule has 3 rings (SSSR count). The summed E-state index contributed by atoms with van der Waals surface area (Å²) in [6.07, 6.45) is 2.08. The summed E-state index contributed by atoms with van der Waals surface area (Å²) < 4.78 is 1.20. The largest absolute Gasteiger partial charge is 0.343 e. The third-order valence-corrected chi connectivity index (χ3v) is 4.76. The lowest BCUT2D eigenvalue weighted by molar-refractivity contribution is -0.116. The number of nitrogens with zero attached hydrogens (tertiary/aromatic N) is 3. The summed E-state index contributed by atoms with van der Waals surface area (Å²) in [6.45, 7) is 3.92. The van der Waals surface area contributed by atoms with Crippen molar-refractivity contribution in [2.24, 2.45) is 0 Å². The smallest absolute Gasteiger partial charge is 0.300 e. The highest BCUT2D eigenvalue weighted by molar-refractivity contribution is 7.15. The highest BCUT2D eigenvalue weighted by Crippen LogP contribution is 2.26. The van der Waals surface area contributed by atoms with Gasteiger partial charge in [0.1, 0.15) is 12.9 Å². The third kappa shape index (κ3) is 3.60. The van der Waals surface area contributed by atoms with Crippen LogP contribution in [0.4, 0.5) is 5.13 Å². The van der Waals surface area contributed by atoms with E-state index in [4.69, 9.17) is 0 Å². The molecule has 0 spiro atoms. The summed E-state index contributed by atoms with van der Waals surface area (Å²) in [4.78, 5) is 28.9. The van der Waals surface area contributed by atoms with Crippen LogP contribution < -0.4 is 11.0 Å². The number of hydrogen-bond donors (Lipinski definition) is 2. The van der Waals surface area contributed by atoms with E-state index in [9.17, 15) is 9.59 Å². The minimum absolute atomic E-state index is 0.0961. The molecule has 0 unspecified atom stereocenters. The Kier molecular flexibility index (Phi) is 4.57. The maximum absolute atomic E-state index is 12.0. The van der Waals surface area contributed by atoms with Gasteiger partial charge in [0.25, 0.3) is 0 Å². The van der Waals surface area contributed by atoms with Crippen LogP contribution in [0.3, 0.4) is 0 Å². The monoisotopic (exact) mass is 343 g/mol. The number of anilines is 1. The van der Waals surface area contributed by atoms with Crippen molar-refractivity contribution in [3.63, 3.8) is 0 Å². The Labute approximate surface area is 142 Å². The minimum Gasteiger partial charge on any atom is -0.300 e. The number of thiazole rings is 1. The van der Waals surface area contributed by atoms with Gasteiger partial charge in [0.15, 0.2) is 5.13 Å². The predicted molar refractivity (Wildman–Crippen MR) is 92.3 cm³/mol. The topological polar surface area (TPSA) is 92.7 Å². The molecule has 8 heteroatoms. The van der Waals surface area contributed by atoms with Crippen molar-refractivity contribution in [3.8, 4) is 0 Å². The second-order valence-electron chi connectivity index (χ2n) is 5.47. The number of rotatable bonds is 5. The van der Waals surface area contributed by atoms with Gasteiger partial charge < -0.3 is 5.32 Å². The number of carbonyl (C=O) groups is 1. The number of aromatic nitrogens is 4. The van der Waals surface area contributed by atoms with E-state index < -0.39 is 5.69 Å². The number of hydrogen-bond acceptors (Lipinski definition) is 5. The first-order valence-electron chi connectivity index (χ1n) is 7.43. The minimum atomic E-state index is -0.416. The van der Waals surface area contributed by atoms with Crippen LogP contribution in [0.15, 0.2) is 35.4 Å². The number of benzene rings is 1. The van der Waals surface area contributed by atoms with Crippen molar-refractivity contribution < 1.29 is 4.79 Å². The summed E-state index contributed by atoms with van der Waals surface area (Å²) in [5.41, 5.74) is 2.96. The van der Waals surface area contributed by atoms with Crippen LogP contribution in [-0.4, -0.2) is 25.7 Å². The molecule has 2 aromatic heterocycles. The average Bonchev–Trinajstić information content (AvgIpc) is 3.08. The molecule has 24 heavy (non-hydrogen) atoms. The third-order valence-electron chi connectivity index (χ3n) is 3.68. The highest BCUT2D eigenvalue weighted by atomic mass is 32.1. The molecule has 0 radical (unpaired) electrons. The molecule has 0 aliphatic heterocycles. The van der Waals surface area contributed by atoms with Crippen molar-refractivity contribution in [2.75, 3.05) is 5.32 Å². The SMILES string of the molecule is Cc1ccccc1Cc1sc(NC(=O)Cn2cn[nH]c2=O)nc1C. The molecule has 0 saturated carbocycles. The molecule has 0 bridgehead atoms. The fourth-order valence-corrected chi connectivity index (χ4v) is 3.33. The van der Waals surface area contributed by atoms with E-state index >= 15 is 0 Å². The molecule has 2 N–H and O–H groups in total. The average molecular weight is 343 g/mol. The first-order chi connectivity index (χ1) is 11.5. The van der Waals surface area contributed by atoms with Crippen LogP contribution >= 0.6 is 11.3 Å². The fraction of sp³-hybridized carbons (Fsp3) is 0.250. The highest BCUT2D eigenvalue weighted by Gasteiger charge is 2.12. The predicted octanol–water partition coefficient (Wildman–Crippen LogP) is 1.87. The van der Waals surface area contributed by atoms with Crippen LogP contribution in [0.2, 0.25) is 0 Å². The molecule has 0 aliphatic rings. The number of H-pyrrole nitrogens is 1. The van der Waals surface area contributed by atoms with Crippen molar-refractivity contribution in [2.45, 2.75) is 26.8 Å². The van der Waals surface area contributed by atoms with Gasteiger partial charge in [-0.3, -0.25) is 9.36 Å². The molecule has 124 valence electrons. The molecular formula is C16H17N5O2S. The zero-order valence-corrected chi connectivity index (χ0v) is 14.2. The molecule has 3 aromatic rings. The molecule has 7 nitrogen and oxygen atoms in total. The fourth-order valence-electron chi connectivity index (χ4n) is 2.32. The number of amides is 1. The summed E-state index contributed by atoms with van der Waals surface area (Å²) in [6, 6.07) is 8.21. The number of nitrogens with one attached hydrogen (secondary N) is 2. The molecule has 0 fully saturated rings. The van der Waals surface area contributed by atoms with Gasteiger partial charge in [0, 0.05) is 11.3 Å². The number of aromatic amines is 1. The Hall–Kier alpha value is -2.74. The Balaban J connectivity index is 1.70. The molecule has 1 amide bonds. The van der Waals surface area contributed by atoms with E-state index in [1.54, 1.807) is 0 Å². The Bertz CT molecular complexity index is 924. The van der Waals surface area contributed by atoms with E-state index in [2.05, 4.69) is 39.6 Å². The maximum atomic E-state index is 12.0. The first-order valence-corrected chi connectivity index (χ1v) is 8.25. The van der Waals surface area contributed by atoms with E-state index in [0.29, 0.717) is 5.13 Å². The van der Waals surface area contributed by atoms with Crippen molar-refractivity contribution in [1.29, 1.82) is 0 Å². The lowest BCUT2D eigenvalue weighted by Crippen LogP contribution is -2.25. The quantitative estimate of drug-likeness (QED) is 0.740. The van der Waals surface area contributed by atoms with Crippen molar-refractivity contribution >= 4 is 22.4 Å². The second kappa shape index (κ2) is 6.79. The van der Waals surface area contributed by atoms with Crippen LogP contribution in [-0.2, 0) is 17.8 Å². The van der Waals surface area contributed by atoms with Crippen LogP contribution in [0, 0.1) is 13.8 Å². The molecule has 2 heterocycles. The Morgan fingerprint density at radius 1 is 1.33 bits per heavy atom. The van der Waals surface area contributed by atoms with Gasteiger partial charge in [-0.2, -0.15) is 5.10 Å². The van der Waals surface area contributed by atoms with Gasteiger partial charge in [-0.05, 0) is 25.0 Å². The Morgan fingerprint density at radius 3 is 2.83 bits per heavy atom. The van der Waals surface area contributed by atoms with Gasteiger partial charge in [0.2, 0.25) is 5.91 Å². The summed E-state index contributed by atoms with van der Waals surface area (Å²) >= 11 is 1.45. The van der Waals surface area contributed by atoms with E-state index in [0.717, 1.165) is 17.0 Å². The number of carbonyl (C=O) groups excluding carboxylic acids is 1. The van der Waals surface area contributed by atoms with Crippen LogP contribution in [0.1, 0.15) is 21.7 Å². The van der Waals surface area contributed by atoms with Crippen LogP contribution in [0.5, 0.6) is 0 Å². The summed E-state index contributed by atoms with van der Waals surface area (Å²) in [5, 5.41) is 9.11. The van der Waals surface area contributed by atoms with E-state index in [-0.39, 0.29) is 12.5 Å². The normalized spacial score (nSPS) is 10.8. The maximum Gasteiger partial charge on any atom is 0.343 e. The second-order valence-corrected chi connectivity index (χ2v) is 6.55. The van der Waals surface area contributed by atoms with Gasteiger partial charge in [-0.1, -0.05) is 24.3 Å². The molecule has 0 atom stereocenters. The van der Waals surface area contributed by atoms with Gasteiger partial charge in [-0.15, -0.1) is 11.3 Å². The van der Waals surface area contributed by atoms with Gasteiger partial charge in [-0.25, -0.2) is 14.9 Å². The molecule has 1 aromatic carbocycles. The van der Waals surface area contributed by atoms with Gasteiger partial charge >= 0.3 is 5.69 Å². The van der Waals surface area contributed by atoms with Crippen LogP contribution in [0.25, 0.3) is 0 Å². The molecule has 0 aliphatic carbocycles. The zero-order chi connectivity index (χ0) is 17.1. The van der Waals surface area contributed by atoms with Crippen molar-refractivity contribution in [1.82, 2.24) is 19.7 Å². The number of aryl methyl sites for hydroxylation is 2. The zero-order valence-electron chi connectivity index (χ0n) is 13.4. The van der Waals surface area contributed by atoms with E-state index in [1.807, 2.05) is 19.1 Å². The van der Waals surface area contributed by atoms with Gasteiger partial charge in [0.05, 0.1) is 5.69 Å². The lowest BCUT2D eigenvalue weighted by Gasteiger charge is -2.03. The molecule has 0 saturated heterocycles. The first kappa shape index (κ1) is 16.1. The summed E-state index contributed by atoms with van der Waals surface area (Å²) in [5.74, 6) is -0.310. The lowest BCUT2D eigenvalue weighted by atomic mass is 10.0. The Morgan fingerprint density at radius 2 is 2.12 bits per heavy atom. The standard InChI is InChI=1S/C16H17N5O2S/c1-10-5-3-4-6-12(10)7-13-11(2)18-15(24-13)19-14(22)8-21-9-17-20-16(21)23/h3-6,9H,7-8H2,1-2H3,(H,20,23)(H,18,19,22). The van der Waals surface area contributed by atoms with Crippen molar-refractivity contribution in [3.05, 3.63) is 62.8 Å².